The van der Waals surface area contributed by atoms with Gasteiger partial charge in [-0.3, -0.25) is 37.3 Å². The Bertz CT molecular complexity index is 2010. The van der Waals surface area contributed by atoms with Crippen LogP contribution in [0.25, 0.3) is 0 Å². The number of phosphoric acid groups is 2. The van der Waals surface area contributed by atoms with E-state index in [1.54, 1.807) is 0 Å². The van der Waals surface area contributed by atoms with Crippen LogP contribution in [0.1, 0.15) is 459 Å². The van der Waals surface area contributed by atoms with Gasteiger partial charge in [-0.2, -0.15) is 0 Å². The van der Waals surface area contributed by atoms with Gasteiger partial charge in [-0.25, -0.2) is 9.13 Å². The Hall–Kier alpha value is -1.94. The maximum atomic E-state index is 13.1. The summed E-state index contributed by atoms with van der Waals surface area (Å²) in [7, 11) is -9.93. The number of aliphatic hydroxyl groups is 1. The average Bonchev–Trinajstić information content (AvgIpc) is 0.908. The third-order valence-electron chi connectivity index (χ3n) is 20.2. The quantitative estimate of drug-likeness (QED) is 0.0222. The zero-order valence-corrected chi connectivity index (χ0v) is 70.8. The van der Waals surface area contributed by atoms with E-state index in [2.05, 4.69) is 41.5 Å². The van der Waals surface area contributed by atoms with Crippen LogP contribution < -0.4 is 0 Å². The highest BCUT2D eigenvalue weighted by Gasteiger charge is 2.30. The van der Waals surface area contributed by atoms with Crippen LogP contribution in [0, 0.1) is 11.8 Å². The first kappa shape index (κ1) is 103. The SMILES string of the molecule is CCCCCCCCCCCCCCCCCCCC(=O)OC[C@H](COP(=O)(O)OC[C@@H](O)COP(=O)(O)OC[C@@H](COC(=O)CCCCCCCCCCCCCC)OC(=O)CCCCCCCCCCCCCCC(C)C)OC(=O)CCCCCCCCCCCCCCCCCCCCC(C)C. The molecule has 0 aliphatic rings. The van der Waals surface area contributed by atoms with Gasteiger partial charge in [0, 0.05) is 25.7 Å². The number of phosphoric ester groups is 2. The van der Waals surface area contributed by atoms with Crippen molar-refractivity contribution in [1.82, 2.24) is 0 Å². The summed E-state index contributed by atoms with van der Waals surface area (Å²) < 4.78 is 68.9. The van der Waals surface area contributed by atoms with Crippen LogP contribution in [0.3, 0.4) is 0 Å². The molecule has 0 rings (SSSR count). The van der Waals surface area contributed by atoms with Crippen LogP contribution in [0.2, 0.25) is 0 Å². The lowest BCUT2D eigenvalue weighted by molar-refractivity contribution is -0.161. The Kier molecular flexibility index (Phi) is 76.0. The number of unbranched alkanes of at least 4 members (excludes halogenated alkanes) is 55. The van der Waals surface area contributed by atoms with Gasteiger partial charge < -0.3 is 33.8 Å². The molecule has 0 spiro atoms. The summed E-state index contributed by atoms with van der Waals surface area (Å²) in [5, 5.41) is 10.7. The van der Waals surface area contributed by atoms with Crippen molar-refractivity contribution >= 4 is 39.5 Å². The molecule has 624 valence electrons. The second-order valence-electron chi connectivity index (χ2n) is 31.9. The summed E-state index contributed by atoms with van der Waals surface area (Å²) in [5.74, 6) is -0.503. The Morgan fingerprint density at radius 1 is 0.257 bits per heavy atom. The van der Waals surface area contributed by atoms with Crippen LogP contribution in [0.15, 0.2) is 0 Å². The molecular weight excluding hydrogens is 1370 g/mol. The topological polar surface area (TPSA) is 237 Å². The molecule has 0 aromatic carbocycles. The molecule has 0 fully saturated rings. The molecule has 2 unspecified atom stereocenters. The summed E-state index contributed by atoms with van der Waals surface area (Å²) >= 11 is 0. The minimum Gasteiger partial charge on any atom is -0.462 e. The smallest absolute Gasteiger partial charge is 0.462 e. The standard InChI is InChI=1S/C86H168O17P2/c1-7-9-11-13-15-17-19-21-22-25-29-32-39-45-51-57-63-69-84(89)97-75-82(102-85(90)70-64-58-52-46-40-33-30-27-24-23-26-28-31-36-42-48-54-60-66-78(3)4)77-101-105(94,95)99-73-80(87)72-98-104(92,93)100-76-81(74-96-83(88)68-62-56-50-44-38-20-18-16-14-12-10-8-2)103-86(91)71-65-59-53-47-41-35-34-37-43-49-55-61-67-79(5)6/h78-82,87H,7-77H2,1-6H3,(H,92,93)(H,94,95)/t80-,81+,82+/m0/s1. The largest absolute Gasteiger partial charge is 0.472 e. The molecular formula is C86H168O17P2. The van der Waals surface area contributed by atoms with Gasteiger partial charge in [-0.05, 0) is 37.5 Å². The molecule has 0 saturated carbocycles. The van der Waals surface area contributed by atoms with Gasteiger partial charge in [0.15, 0.2) is 12.2 Å². The van der Waals surface area contributed by atoms with Crippen LogP contribution >= 0.6 is 15.6 Å². The summed E-state index contributed by atoms with van der Waals surface area (Å²) in [6.07, 6.45) is 69.3. The molecule has 19 heteroatoms. The van der Waals surface area contributed by atoms with Crippen molar-refractivity contribution in [3.8, 4) is 0 Å². The average molecular weight is 1540 g/mol. The predicted molar refractivity (Wildman–Crippen MR) is 432 cm³/mol. The fourth-order valence-corrected chi connectivity index (χ4v) is 15.0. The zero-order chi connectivity index (χ0) is 77.1. The number of esters is 4. The monoisotopic (exact) mass is 1540 g/mol. The highest BCUT2D eigenvalue weighted by molar-refractivity contribution is 7.47. The van der Waals surface area contributed by atoms with E-state index in [9.17, 15) is 43.2 Å². The number of ether oxygens (including phenoxy) is 4. The van der Waals surface area contributed by atoms with Gasteiger partial charge in [-0.15, -0.1) is 0 Å². The maximum absolute atomic E-state index is 13.1. The molecule has 0 bridgehead atoms. The molecule has 0 aromatic heterocycles. The van der Waals surface area contributed by atoms with Gasteiger partial charge in [0.05, 0.1) is 26.4 Å². The van der Waals surface area contributed by atoms with Crippen LogP contribution in [0.5, 0.6) is 0 Å². The second kappa shape index (κ2) is 77.4. The molecule has 0 saturated heterocycles. The van der Waals surface area contributed by atoms with Gasteiger partial charge in [-0.1, -0.05) is 408 Å². The zero-order valence-electron chi connectivity index (χ0n) is 69.0. The molecule has 0 radical (unpaired) electrons. The lowest BCUT2D eigenvalue weighted by Gasteiger charge is -2.21. The van der Waals surface area contributed by atoms with E-state index in [0.29, 0.717) is 25.7 Å². The lowest BCUT2D eigenvalue weighted by atomic mass is 10.0. The minimum atomic E-state index is -4.97. The number of hydrogen-bond acceptors (Lipinski definition) is 15. The lowest BCUT2D eigenvalue weighted by Crippen LogP contribution is -2.30. The molecule has 0 aromatic rings. The van der Waals surface area contributed by atoms with E-state index >= 15 is 0 Å². The number of hydrogen-bond donors (Lipinski definition) is 3. The van der Waals surface area contributed by atoms with Crippen molar-refractivity contribution < 1.29 is 80.2 Å². The third-order valence-corrected chi connectivity index (χ3v) is 22.1. The van der Waals surface area contributed by atoms with Gasteiger partial charge in [0.2, 0.25) is 0 Å². The van der Waals surface area contributed by atoms with Crippen LogP contribution in [-0.4, -0.2) is 96.7 Å². The summed E-state index contributed by atoms with van der Waals surface area (Å²) in [4.78, 5) is 73.2. The van der Waals surface area contributed by atoms with Gasteiger partial charge >= 0.3 is 39.5 Å². The summed E-state index contributed by atoms with van der Waals surface area (Å²) in [6.45, 7) is 9.72. The fourth-order valence-electron chi connectivity index (χ4n) is 13.4. The van der Waals surface area contributed by atoms with Crippen molar-refractivity contribution in [2.24, 2.45) is 11.8 Å². The summed E-state index contributed by atoms with van der Waals surface area (Å²) in [6, 6.07) is 0. The number of carbonyl (C=O) groups is 4. The molecule has 17 nitrogen and oxygen atoms in total. The fraction of sp³-hybridized carbons (Fsp3) is 0.953. The van der Waals surface area contributed by atoms with Gasteiger partial charge in [0.1, 0.15) is 19.3 Å². The third kappa shape index (κ3) is 79.9. The first-order valence-electron chi connectivity index (χ1n) is 44.5. The second-order valence-corrected chi connectivity index (χ2v) is 34.8. The number of carbonyl (C=O) groups excluding carboxylic acids is 4. The van der Waals surface area contributed by atoms with Gasteiger partial charge in [0.25, 0.3) is 0 Å². The Morgan fingerprint density at radius 3 is 0.648 bits per heavy atom. The highest BCUT2D eigenvalue weighted by Crippen LogP contribution is 2.45. The number of rotatable bonds is 85. The highest BCUT2D eigenvalue weighted by atomic mass is 31.2. The Balaban J connectivity index is 5.25. The van der Waals surface area contributed by atoms with E-state index in [0.717, 1.165) is 102 Å². The van der Waals surface area contributed by atoms with Crippen molar-refractivity contribution in [1.29, 1.82) is 0 Å². The Labute approximate surface area is 645 Å². The molecule has 0 aliphatic heterocycles. The van der Waals surface area contributed by atoms with E-state index in [4.69, 9.17) is 37.0 Å². The maximum Gasteiger partial charge on any atom is 0.472 e. The van der Waals surface area contributed by atoms with E-state index < -0.39 is 97.5 Å². The summed E-state index contributed by atoms with van der Waals surface area (Å²) in [5.41, 5.74) is 0. The molecule has 5 atom stereocenters. The first-order valence-corrected chi connectivity index (χ1v) is 47.5. The molecule has 3 N–H and O–H groups in total. The molecule has 0 amide bonds. The molecule has 105 heavy (non-hydrogen) atoms. The molecule has 0 heterocycles. The van der Waals surface area contributed by atoms with Crippen molar-refractivity contribution in [2.75, 3.05) is 39.6 Å². The van der Waals surface area contributed by atoms with Crippen molar-refractivity contribution in [3.63, 3.8) is 0 Å². The van der Waals surface area contributed by atoms with E-state index in [1.807, 2.05) is 0 Å². The molecule has 0 aliphatic carbocycles. The van der Waals surface area contributed by atoms with E-state index in [1.165, 1.54) is 276 Å². The van der Waals surface area contributed by atoms with Crippen molar-refractivity contribution in [2.45, 2.75) is 477 Å². The normalized spacial score (nSPS) is 13.8. The predicted octanol–water partition coefficient (Wildman–Crippen LogP) is 26.2. The first-order chi connectivity index (χ1) is 50.9. The number of aliphatic hydroxyl groups excluding tert-OH is 1. The van der Waals surface area contributed by atoms with Crippen LogP contribution in [-0.2, 0) is 65.4 Å². The Morgan fingerprint density at radius 2 is 0.438 bits per heavy atom. The van der Waals surface area contributed by atoms with Crippen LogP contribution in [0.4, 0.5) is 0 Å². The van der Waals surface area contributed by atoms with Crippen molar-refractivity contribution in [3.05, 3.63) is 0 Å². The van der Waals surface area contributed by atoms with E-state index in [-0.39, 0.29) is 25.7 Å². The minimum absolute atomic E-state index is 0.108.